The lowest BCUT2D eigenvalue weighted by Gasteiger charge is -2.11. The maximum absolute atomic E-state index is 11.9. The van der Waals surface area contributed by atoms with Crippen LogP contribution in [0, 0.1) is 0 Å². The molecule has 1 rings (SSSR count). The molecule has 0 spiro atoms. The van der Waals surface area contributed by atoms with Crippen molar-refractivity contribution in [3.05, 3.63) is 24.5 Å². The lowest BCUT2D eigenvalue weighted by molar-refractivity contribution is -0.540. The van der Waals surface area contributed by atoms with E-state index < -0.39 is 7.75 Å². The van der Waals surface area contributed by atoms with Crippen LogP contribution in [-0.2, 0) is 9.09 Å². The molecular formula is C11H20N2O3P+. The molecule has 0 amide bonds. The van der Waals surface area contributed by atoms with Crippen molar-refractivity contribution >= 4 is 13.4 Å². The van der Waals surface area contributed by atoms with Crippen LogP contribution in [-0.4, -0.2) is 25.6 Å². The van der Waals surface area contributed by atoms with Crippen LogP contribution < -0.4 is 9.24 Å². The molecule has 0 bridgehead atoms. The molecule has 1 atom stereocenters. The molecule has 1 N–H and O–H groups in total. The van der Waals surface area contributed by atoms with E-state index in [9.17, 15) is 9.46 Å². The zero-order valence-corrected chi connectivity index (χ0v) is 11.4. The molecule has 96 valence electrons. The molecule has 0 radical (unpaired) electrons. The van der Waals surface area contributed by atoms with Crippen LogP contribution in [0.25, 0.3) is 0 Å². The summed E-state index contributed by atoms with van der Waals surface area (Å²) in [5.74, 6) is 0. The standard InChI is InChI=1S/C11H19N2O3P/c1-4-5-10-16-17(14,15)13-8-6-11(7-9-13)12(2)3/h6-9H,4-5,10H2,1-3H3/p+1. The van der Waals surface area contributed by atoms with Crippen molar-refractivity contribution in [2.24, 2.45) is 0 Å². The van der Waals surface area contributed by atoms with E-state index in [1.54, 1.807) is 24.5 Å². The SMILES string of the molecule is CCCCOP(=O)(O)[n+]1ccc(N(C)C)cc1. The van der Waals surface area contributed by atoms with Crippen LogP contribution >= 0.6 is 7.75 Å². The third kappa shape index (κ3) is 4.11. The van der Waals surface area contributed by atoms with Crippen molar-refractivity contribution in [1.29, 1.82) is 0 Å². The number of hydrogen-bond acceptors (Lipinski definition) is 3. The summed E-state index contributed by atoms with van der Waals surface area (Å²) < 4.78 is 18.1. The van der Waals surface area contributed by atoms with Crippen molar-refractivity contribution in [2.45, 2.75) is 19.8 Å². The van der Waals surface area contributed by atoms with E-state index in [4.69, 9.17) is 4.52 Å². The number of hydrogen-bond donors (Lipinski definition) is 1. The van der Waals surface area contributed by atoms with Gasteiger partial charge in [-0.3, -0.25) is 9.42 Å². The zero-order chi connectivity index (χ0) is 12.9. The summed E-state index contributed by atoms with van der Waals surface area (Å²) in [5.41, 5.74) is 0.967. The lowest BCUT2D eigenvalue weighted by atomic mass is 10.4. The van der Waals surface area contributed by atoms with Gasteiger partial charge in [-0.1, -0.05) is 13.3 Å². The zero-order valence-electron chi connectivity index (χ0n) is 10.5. The van der Waals surface area contributed by atoms with Gasteiger partial charge in [0.1, 0.15) is 0 Å². The first-order valence-electron chi connectivity index (χ1n) is 5.64. The third-order valence-electron chi connectivity index (χ3n) is 2.36. The molecule has 1 heterocycles. The van der Waals surface area contributed by atoms with Crippen molar-refractivity contribution in [3.63, 3.8) is 0 Å². The molecule has 6 heteroatoms. The molecule has 0 saturated carbocycles. The van der Waals surface area contributed by atoms with Gasteiger partial charge in [-0.15, -0.1) is 4.34 Å². The quantitative estimate of drug-likeness (QED) is 0.625. The highest BCUT2D eigenvalue weighted by atomic mass is 31.2. The fourth-order valence-corrected chi connectivity index (χ4v) is 2.24. The molecule has 5 nitrogen and oxygen atoms in total. The van der Waals surface area contributed by atoms with E-state index in [2.05, 4.69) is 0 Å². The monoisotopic (exact) mass is 259 g/mol. The molecular weight excluding hydrogens is 239 g/mol. The van der Waals surface area contributed by atoms with Gasteiger partial charge >= 0.3 is 7.75 Å². The summed E-state index contributed by atoms with van der Waals surface area (Å²) in [7, 11) is 0.0988. The second-order valence-corrected chi connectivity index (χ2v) is 5.71. The molecule has 1 aromatic rings. The van der Waals surface area contributed by atoms with Crippen LogP contribution in [0.15, 0.2) is 24.5 Å². The first-order valence-corrected chi connectivity index (χ1v) is 7.17. The molecule has 0 aliphatic heterocycles. The average molecular weight is 259 g/mol. The fraction of sp³-hybridized carbons (Fsp3) is 0.545. The maximum atomic E-state index is 11.9. The summed E-state index contributed by atoms with van der Waals surface area (Å²) >= 11 is 0. The number of aromatic nitrogens is 1. The smallest absolute Gasteiger partial charge is 0.377 e. The second kappa shape index (κ2) is 6.15. The minimum Gasteiger partial charge on any atom is -0.377 e. The number of pyridine rings is 1. The Balaban J connectivity index is 2.74. The van der Waals surface area contributed by atoms with Crippen LogP contribution in [0.4, 0.5) is 5.69 Å². The number of unbranched alkanes of at least 4 members (excludes halogenated alkanes) is 1. The second-order valence-electron chi connectivity index (χ2n) is 4.01. The minimum atomic E-state index is -3.73. The normalized spacial score (nSPS) is 14.4. The van der Waals surface area contributed by atoms with E-state index >= 15 is 0 Å². The van der Waals surface area contributed by atoms with E-state index in [0.717, 1.165) is 18.5 Å². The highest BCUT2D eigenvalue weighted by molar-refractivity contribution is 7.45. The molecule has 0 aliphatic carbocycles. The van der Waals surface area contributed by atoms with Crippen LogP contribution in [0.3, 0.4) is 0 Å². The summed E-state index contributed by atoms with van der Waals surface area (Å²) in [5, 5.41) is 0. The Kier molecular flexibility index (Phi) is 5.12. The van der Waals surface area contributed by atoms with E-state index in [0.29, 0.717) is 6.61 Å². The molecule has 1 aromatic heterocycles. The minimum absolute atomic E-state index is 0.298. The van der Waals surface area contributed by atoms with Crippen molar-refractivity contribution in [1.82, 2.24) is 0 Å². The third-order valence-corrected chi connectivity index (χ3v) is 3.73. The van der Waals surface area contributed by atoms with Crippen molar-refractivity contribution < 1.29 is 18.3 Å². The molecule has 0 aliphatic rings. The lowest BCUT2D eigenvalue weighted by Crippen LogP contribution is -2.31. The average Bonchev–Trinajstić information content (AvgIpc) is 2.29. The molecule has 0 fully saturated rings. The number of anilines is 1. The van der Waals surface area contributed by atoms with Gasteiger partial charge < -0.3 is 4.90 Å². The van der Waals surface area contributed by atoms with E-state index in [-0.39, 0.29) is 0 Å². The Labute approximate surface area is 102 Å². The van der Waals surface area contributed by atoms with Gasteiger partial charge in [0.15, 0.2) is 12.4 Å². The van der Waals surface area contributed by atoms with E-state index in [1.807, 2.05) is 25.9 Å². The van der Waals surface area contributed by atoms with Gasteiger partial charge in [-0.05, 0) is 6.42 Å². The number of rotatable bonds is 6. The topological polar surface area (TPSA) is 53.7 Å². The first-order chi connectivity index (χ1) is 7.97. The molecule has 17 heavy (non-hydrogen) atoms. The maximum Gasteiger partial charge on any atom is 0.610 e. The molecule has 1 unspecified atom stereocenters. The Morgan fingerprint density at radius 2 is 2.00 bits per heavy atom. The summed E-state index contributed by atoms with van der Waals surface area (Å²) in [6, 6.07) is 3.54. The van der Waals surface area contributed by atoms with Crippen LogP contribution in [0.2, 0.25) is 0 Å². The Hall–Kier alpha value is -0.900. The highest BCUT2D eigenvalue weighted by Crippen LogP contribution is 2.35. The molecule has 0 aromatic carbocycles. The Morgan fingerprint density at radius 3 is 2.47 bits per heavy atom. The Morgan fingerprint density at radius 1 is 1.41 bits per heavy atom. The van der Waals surface area contributed by atoms with Gasteiger partial charge in [0.05, 0.1) is 6.61 Å². The highest BCUT2D eigenvalue weighted by Gasteiger charge is 2.32. The largest absolute Gasteiger partial charge is 0.610 e. The molecule has 0 saturated heterocycles. The van der Waals surface area contributed by atoms with Crippen molar-refractivity contribution in [2.75, 3.05) is 25.6 Å². The predicted octanol–water partition coefficient (Wildman–Crippen LogP) is 1.81. The Bertz CT molecular complexity index is 392. The summed E-state index contributed by atoms with van der Waals surface area (Å²) in [4.78, 5) is 11.6. The van der Waals surface area contributed by atoms with Crippen LogP contribution in [0.1, 0.15) is 19.8 Å². The summed E-state index contributed by atoms with van der Waals surface area (Å²) in [6.45, 7) is 2.30. The predicted molar refractivity (Wildman–Crippen MR) is 67.0 cm³/mol. The van der Waals surface area contributed by atoms with Gasteiger partial charge in [0.25, 0.3) is 0 Å². The number of nitrogens with zero attached hydrogens (tertiary/aromatic N) is 2. The van der Waals surface area contributed by atoms with Gasteiger partial charge in [-0.2, -0.15) is 4.57 Å². The summed E-state index contributed by atoms with van der Waals surface area (Å²) in [6.07, 6.45) is 4.83. The fourth-order valence-electron chi connectivity index (χ4n) is 1.27. The van der Waals surface area contributed by atoms with Gasteiger partial charge in [-0.25, -0.2) is 0 Å². The van der Waals surface area contributed by atoms with E-state index in [1.165, 1.54) is 4.34 Å². The van der Waals surface area contributed by atoms with Gasteiger partial charge in [0.2, 0.25) is 0 Å². The van der Waals surface area contributed by atoms with Crippen LogP contribution in [0.5, 0.6) is 0 Å². The van der Waals surface area contributed by atoms with Crippen molar-refractivity contribution in [3.8, 4) is 0 Å². The van der Waals surface area contributed by atoms with Gasteiger partial charge in [0, 0.05) is 31.9 Å². The first kappa shape index (κ1) is 14.2.